The fourth-order valence-electron chi connectivity index (χ4n) is 6.30. The Bertz CT molecular complexity index is 660. The Hall–Kier alpha value is -0.200. The van der Waals surface area contributed by atoms with E-state index in [9.17, 15) is 0 Å². The van der Waals surface area contributed by atoms with Gasteiger partial charge in [-0.1, -0.05) is 61.8 Å². The van der Waals surface area contributed by atoms with Crippen LogP contribution < -0.4 is 11.5 Å². The highest BCUT2D eigenvalue weighted by atomic mass is 16.5. The minimum atomic E-state index is -0.207. The summed E-state index contributed by atoms with van der Waals surface area (Å²) in [6.45, 7) is 29.2. The van der Waals surface area contributed by atoms with Crippen LogP contribution >= 0.6 is 0 Å². The van der Waals surface area contributed by atoms with Crippen molar-refractivity contribution in [3.8, 4) is 0 Å². The second-order valence-electron chi connectivity index (χ2n) is 14.1. The maximum Gasteiger partial charge on any atom is 0.0729 e. The average Bonchev–Trinajstić information content (AvgIpc) is 3.50. The molecule has 0 aromatic carbocycles. The smallest absolute Gasteiger partial charge is 0.0729 e. The zero-order chi connectivity index (χ0) is 28.7. The van der Waals surface area contributed by atoms with E-state index in [1.807, 2.05) is 0 Å². The van der Waals surface area contributed by atoms with Crippen molar-refractivity contribution >= 4 is 0 Å². The number of hydrogen-bond acceptors (Lipinski definition) is 5. The van der Waals surface area contributed by atoms with E-state index in [0.29, 0.717) is 18.4 Å². The average molecular weight is 527 g/mol. The summed E-state index contributed by atoms with van der Waals surface area (Å²) < 4.78 is 19.8. The Balaban J connectivity index is 2.71. The van der Waals surface area contributed by atoms with E-state index >= 15 is 0 Å². The summed E-state index contributed by atoms with van der Waals surface area (Å²) in [7, 11) is 0. The molecule has 0 aromatic heterocycles. The Morgan fingerprint density at radius 1 is 0.892 bits per heavy atom. The fourth-order valence-corrected chi connectivity index (χ4v) is 6.30. The minimum absolute atomic E-state index is 0.0164. The molecule has 4 N–H and O–H groups in total. The van der Waals surface area contributed by atoms with E-state index in [4.69, 9.17) is 25.7 Å². The van der Waals surface area contributed by atoms with E-state index in [2.05, 4.69) is 83.1 Å². The Morgan fingerprint density at radius 2 is 1.49 bits per heavy atom. The lowest BCUT2D eigenvalue weighted by atomic mass is 9.69. The van der Waals surface area contributed by atoms with Crippen molar-refractivity contribution in [1.29, 1.82) is 0 Å². The highest BCUT2D eigenvalue weighted by Crippen LogP contribution is 2.61. The van der Waals surface area contributed by atoms with Gasteiger partial charge in [0.1, 0.15) is 0 Å². The van der Waals surface area contributed by atoms with Gasteiger partial charge in [0.25, 0.3) is 0 Å². The van der Waals surface area contributed by atoms with Crippen molar-refractivity contribution in [3.63, 3.8) is 0 Å². The topological polar surface area (TPSA) is 79.7 Å². The first-order valence-corrected chi connectivity index (χ1v) is 15.4. The van der Waals surface area contributed by atoms with Gasteiger partial charge >= 0.3 is 0 Å². The molecule has 1 rings (SSSR count). The number of ether oxygens (including phenoxy) is 3. The molecule has 5 heteroatoms. The van der Waals surface area contributed by atoms with Gasteiger partial charge in [0.2, 0.25) is 0 Å². The standard InChI is InChI=1S/C32H66N2O3/c1-13-24(5)19-27(34)23-37-32(15-3,16-4)28(7,8)17-18-35-29(9,10)31(12)21-26(31)22-36-30(11,14-2)20-25(6)33/h24-27H,13-23,33-34H2,1-12H3. The molecular weight excluding hydrogens is 460 g/mol. The van der Waals surface area contributed by atoms with Gasteiger partial charge in [-0.15, -0.1) is 0 Å². The third-order valence-corrected chi connectivity index (χ3v) is 10.5. The van der Waals surface area contributed by atoms with Gasteiger partial charge in [0, 0.05) is 24.1 Å². The monoisotopic (exact) mass is 527 g/mol. The largest absolute Gasteiger partial charge is 0.375 e. The van der Waals surface area contributed by atoms with Crippen LogP contribution in [0.3, 0.4) is 0 Å². The first-order chi connectivity index (χ1) is 17.0. The van der Waals surface area contributed by atoms with Crippen molar-refractivity contribution in [3.05, 3.63) is 0 Å². The maximum absolute atomic E-state index is 6.68. The molecule has 0 bridgehead atoms. The summed E-state index contributed by atoms with van der Waals surface area (Å²) in [5.41, 5.74) is 12.1. The van der Waals surface area contributed by atoms with Gasteiger partial charge in [-0.25, -0.2) is 0 Å². The van der Waals surface area contributed by atoms with Crippen LogP contribution in [0.1, 0.15) is 134 Å². The zero-order valence-corrected chi connectivity index (χ0v) is 27.0. The van der Waals surface area contributed by atoms with Crippen LogP contribution in [-0.2, 0) is 14.2 Å². The molecule has 222 valence electrons. The molecule has 0 spiro atoms. The molecule has 1 aliphatic carbocycles. The van der Waals surface area contributed by atoms with Crippen LogP contribution in [0.25, 0.3) is 0 Å². The molecule has 6 unspecified atom stereocenters. The molecular formula is C32H66N2O3. The Kier molecular flexibility index (Phi) is 13.1. The minimum Gasteiger partial charge on any atom is -0.375 e. The van der Waals surface area contributed by atoms with E-state index < -0.39 is 0 Å². The molecule has 5 nitrogen and oxygen atoms in total. The van der Waals surface area contributed by atoms with Gasteiger partial charge in [0.15, 0.2) is 0 Å². The number of nitrogens with two attached hydrogens (primary N) is 2. The molecule has 0 heterocycles. The van der Waals surface area contributed by atoms with E-state index in [0.717, 1.165) is 64.6 Å². The van der Waals surface area contributed by atoms with E-state index in [-0.39, 0.29) is 39.7 Å². The zero-order valence-electron chi connectivity index (χ0n) is 27.0. The molecule has 0 aromatic rings. The first kappa shape index (κ1) is 34.8. The van der Waals surface area contributed by atoms with Crippen LogP contribution in [0.4, 0.5) is 0 Å². The van der Waals surface area contributed by atoms with E-state index in [1.54, 1.807) is 0 Å². The second-order valence-corrected chi connectivity index (χ2v) is 14.1. The predicted molar refractivity (Wildman–Crippen MR) is 159 cm³/mol. The molecule has 1 saturated carbocycles. The number of hydrogen-bond donors (Lipinski definition) is 2. The van der Waals surface area contributed by atoms with Crippen LogP contribution in [0, 0.1) is 22.7 Å². The quantitative estimate of drug-likeness (QED) is 0.172. The third-order valence-electron chi connectivity index (χ3n) is 10.5. The first-order valence-electron chi connectivity index (χ1n) is 15.4. The summed E-state index contributed by atoms with van der Waals surface area (Å²) in [4.78, 5) is 0. The Morgan fingerprint density at radius 3 is 1.97 bits per heavy atom. The summed E-state index contributed by atoms with van der Waals surface area (Å²) in [6.07, 6.45) is 8.11. The van der Waals surface area contributed by atoms with Crippen LogP contribution in [0.2, 0.25) is 0 Å². The summed E-state index contributed by atoms with van der Waals surface area (Å²) in [5.74, 6) is 1.16. The molecule has 0 radical (unpaired) electrons. The second kappa shape index (κ2) is 13.9. The molecule has 37 heavy (non-hydrogen) atoms. The van der Waals surface area contributed by atoms with Gasteiger partial charge < -0.3 is 25.7 Å². The van der Waals surface area contributed by atoms with Crippen molar-refractivity contribution in [1.82, 2.24) is 0 Å². The molecule has 1 aliphatic rings. The van der Waals surface area contributed by atoms with Crippen molar-refractivity contribution < 1.29 is 14.2 Å². The van der Waals surface area contributed by atoms with Crippen molar-refractivity contribution in [2.75, 3.05) is 19.8 Å². The maximum atomic E-state index is 6.68. The van der Waals surface area contributed by atoms with Gasteiger partial charge in [0.05, 0.1) is 30.0 Å². The highest BCUT2D eigenvalue weighted by molar-refractivity contribution is 5.09. The van der Waals surface area contributed by atoms with Crippen molar-refractivity contribution in [2.24, 2.45) is 34.1 Å². The predicted octanol–water partition coefficient (Wildman–Crippen LogP) is 7.49. The third kappa shape index (κ3) is 9.17. The summed E-state index contributed by atoms with van der Waals surface area (Å²) in [5, 5.41) is 0. The fraction of sp³-hybridized carbons (Fsp3) is 1.00. The Labute approximate surface area is 231 Å². The lowest BCUT2D eigenvalue weighted by Gasteiger charge is -2.47. The number of rotatable bonds is 20. The molecule has 0 amide bonds. The lowest BCUT2D eigenvalue weighted by Crippen LogP contribution is -2.49. The summed E-state index contributed by atoms with van der Waals surface area (Å²) in [6, 6.07) is 0.242. The van der Waals surface area contributed by atoms with Gasteiger partial charge in [-0.05, 0) is 89.9 Å². The normalized spacial score (nSPS) is 25.0. The van der Waals surface area contributed by atoms with Crippen LogP contribution in [0.5, 0.6) is 0 Å². The van der Waals surface area contributed by atoms with Crippen LogP contribution in [-0.4, -0.2) is 48.7 Å². The molecule has 0 aliphatic heterocycles. The SMILES string of the molecule is CCC(C)CC(N)COC(CC)(CC)C(C)(C)CCOC(C)(C)C1(C)CC1COC(C)(CC)CC(C)N. The lowest BCUT2D eigenvalue weighted by molar-refractivity contribution is -0.151. The molecule has 6 atom stereocenters. The van der Waals surface area contributed by atoms with Crippen LogP contribution in [0.15, 0.2) is 0 Å². The van der Waals surface area contributed by atoms with Gasteiger partial charge in [-0.2, -0.15) is 0 Å². The van der Waals surface area contributed by atoms with E-state index in [1.165, 1.54) is 0 Å². The summed E-state index contributed by atoms with van der Waals surface area (Å²) >= 11 is 0. The van der Waals surface area contributed by atoms with Crippen molar-refractivity contribution in [2.45, 2.75) is 163 Å². The molecule has 1 fully saturated rings. The molecule has 0 saturated heterocycles. The highest BCUT2D eigenvalue weighted by Gasteiger charge is 2.60. The van der Waals surface area contributed by atoms with Gasteiger partial charge in [-0.3, -0.25) is 0 Å².